The summed E-state index contributed by atoms with van der Waals surface area (Å²) < 4.78 is 7.78. The predicted octanol–water partition coefficient (Wildman–Crippen LogP) is 7.18. The quantitative estimate of drug-likeness (QED) is 0.244. The molecule has 1 N–H and O–H groups in total. The van der Waals surface area contributed by atoms with Gasteiger partial charge in [0.05, 0.1) is 46.5 Å². The number of ether oxygens (including phenoxy) is 1. The molecular formula is C33H31ClN4O3. The Morgan fingerprint density at radius 1 is 1.15 bits per heavy atom. The third-order valence-electron chi connectivity index (χ3n) is 7.55. The van der Waals surface area contributed by atoms with Crippen molar-refractivity contribution < 1.29 is 14.6 Å². The van der Waals surface area contributed by atoms with Crippen LogP contribution in [-0.4, -0.2) is 45.3 Å². The molecule has 208 valence electrons. The molecule has 1 saturated heterocycles. The van der Waals surface area contributed by atoms with Crippen LogP contribution in [0.2, 0.25) is 5.02 Å². The first-order valence-corrected chi connectivity index (χ1v) is 14.0. The maximum Gasteiger partial charge on any atom is 0.335 e. The van der Waals surface area contributed by atoms with Gasteiger partial charge in [-0.1, -0.05) is 29.8 Å². The standard InChI is InChI=1S/C33H31ClN4O3/c1-22-6-9-30(28(34)16-22)36(2)26-5-3-4-24(18-26)17-23-10-13-37(14-11-23)21-32-35-29-8-7-25(33(39)40)19-31(29)38(32)20-27-12-15-41-27/h3-11,13-14,16-19,27H,12,15,20-21H2,1-2H3,(H,39,40)/t27-/m0/s1. The maximum atomic E-state index is 11.6. The number of carboxylic acids is 1. The summed E-state index contributed by atoms with van der Waals surface area (Å²) in [5, 5.41) is 10.2. The molecule has 0 unspecified atom stereocenters. The lowest BCUT2D eigenvalue weighted by Crippen LogP contribution is -2.32. The van der Waals surface area contributed by atoms with E-state index >= 15 is 0 Å². The Balaban J connectivity index is 1.19. The lowest BCUT2D eigenvalue weighted by atomic mass is 10.1. The molecule has 3 heterocycles. The van der Waals surface area contributed by atoms with Crippen LogP contribution < -0.4 is 4.90 Å². The molecule has 0 bridgehead atoms. The van der Waals surface area contributed by atoms with Crippen molar-refractivity contribution in [2.45, 2.75) is 32.5 Å². The van der Waals surface area contributed by atoms with Crippen molar-refractivity contribution in [1.29, 1.82) is 0 Å². The van der Waals surface area contributed by atoms with E-state index in [1.54, 1.807) is 18.2 Å². The van der Waals surface area contributed by atoms with Crippen molar-refractivity contribution in [3.8, 4) is 0 Å². The third-order valence-corrected chi connectivity index (χ3v) is 7.85. The predicted molar refractivity (Wildman–Crippen MR) is 164 cm³/mol. The van der Waals surface area contributed by atoms with Crippen LogP contribution in [0, 0.1) is 6.92 Å². The summed E-state index contributed by atoms with van der Waals surface area (Å²) in [6.07, 6.45) is 11.5. The fraction of sp³-hybridized carbons (Fsp3) is 0.212. The number of aromatic nitrogens is 2. The molecule has 1 aromatic heterocycles. The number of anilines is 2. The molecular weight excluding hydrogens is 536 g/mol. The zero-order chi connectivity index (χ0) is 28.5. The van der Waals surface area contributed by atoms with Crippen molar-refractivity contribution in [2.24, 2.45) is 0 Å². The average molecular weight is 567 g/mol. The molecule has 6 rings (SSSR count). The Morgan fingerprint density at radius 2 is 1.95 bits per heavy atom. The van der Waals surface area contributed by atoms with E-state index in [1.165, 1.54) is 0 Å². The first-order valence-electron chi connectivity index (χ1n) is 13.6. The van der Waals surface area contributed by atoms with E-state index in [0.717, 1.165) is 63.0 Å². The highest BCUT2D eigenvalue weighted by molar-refractivity contribution is 6.33. The van der Waals surface area contributed by atoms with E-state index in [0.29, 0.717) is 13.1 Å². The summed E-state index contributed by atoms with van der Waals surface area (Å²) in [4.78, 5) is 20.6. The molecule has 2 aliphatic rings. The van der Waals surface area contributed by atoms with Crippen LogP contribution in [-0.2, 0) is 17.8 Å². The molecule has 0 aliphatic carbocycles. The lowest BCUT2D eigenvalue weighted by Gasteiger charge is -2.28. The second-order valence-corrected chi connectivity index (χ2v) is 10.9. The fourth-order valence-corrected chi connectivity index (χ4v) is 5.50. The average Bonchev–Trinajstić information content (AvgIpc) is 3.27. The number of hydrogen-bond acceptors (Lipinski definition) is 5. The lowest BCUT2D eigenvalue weighted by molar-refractivity contribution is -0.0591. The Hall–Kier alpha value is -4.33. The van der Waals surface area contributed by atoms with Crippen LogP contribution in [0.3, 0.4) is 0 Å². The van der Waals surface area contributed by atoms with Crippen molar-refractivity contribution in [2.75, 3.05) is 18.6 Å². The number of carboxylic acid groups (broad SMARTS) is 1. The number of aryl methyl sites for hydroxylation is 1. The Labute approximate surface area is 244 Å². The van der Waals surface area contributed by atoms with Crippen LogP contribution in [0.1, 0.15) is 33.7 Å². The van der Waals surface area contributed by atoms with Crippen LogP contribution in [0.25, 0.3) is 17.1 Å². The van der Waals surface area contributed by atoms with Gasteiger partial charge < -0.3 is 24.2 Å². The largest absolute Gasteiger partial charge is 0.478 e. The SMILES string of the molecule is Cc1ccc(N(C)c2cccc(C=C3C=CN(Cc4nc5ccc(C(=O)O)cc5n4C[C@@H]4CCO4)C=C3)c2)c(Cl)c1. The van der Waals surface area contributed by atoms with E-state index in [1.807, 2.05) is 38.5 Å². The van der Waals surface area contributed by atoms with Crippen LogP contribution >= 0.6 is 11.6 Å². The molecule has 0 spiro atoms. The number of rotatable bonds is 8. The van der Waals surface area contributed by atoms with Gasteiger partial charge in [-0.05, 0) is 90.7 Å². The van der Waals surface area contributed by atoms with Gasteiger partial charge in [0, 0.05) is 31.7 Å². The maximum absolute atomic E-state index is 11.6. The number of fused-ring (bicyclic) bond motifs is 1. The minimum Gasteiger partial charge on any atom is -0.478 e. The second-order valence-electron chi connectivity index (χ2n) is 10.5. The van der Waals surface area contributed by atoms with Crippen LogP contribution in [0.15, 0.2) is 90.8 Å². The van der Waals surface area contributed by atoms with Gasteiger partial charge >= 0.3 is 5.97 Å². The summed E-state index contributed by atoms with van der Waals surface area (Å²) in [7, 11) is 2.02. The van der Waals surface area contributed by atoms with Gasteiger partial charge in [0.15, 0.2) is 0 Å². The number of allylic oxidation sites excluding steroid dienone is 3. The Morgan fingerprint density at radius 3 is 2.66 bits per heavy atom. The molecule has 1 fully saturated rings. The highest BCUT2D eigenvalue weighted by Crippen LogP contribution is 2.32. The number of nitrogens with zero attached hydrogens (tertiary/aromatic N) is 4. The first-order chi connectivity index (χ1) is 19.8. The van der Waals surface area contributed by atoms with Gasteiger partial charge in [0.2, 0.25) is 0 Å². The summed E-state index contributed by atoms with van der Waals surface area (Å²) in [6, 6.07) is 19.5. The zero-order valence-electron chi connectivity index (χ0n) is 23.0. The molecule has 4 aromatic rings. The van der Waals surface area contributed by atoms with Gasteiger partial charge in [-0.25, -0.2) is 9.78 Å². The second kappa shape index (κ2) is 11.3. The number of hydrogen-bond donors (Lipinski definition) is 1. The molecule has 7 nitrogen and oxygen atoms in total. The number of imidazole rings is 1. The van der Waals surface area contributed by atoms with E-state index in [2.05, 4.69) is 62.9 Å². The van der Waals surface area contributed by atoms with E-state index < -0.39 is 5.97 Å². The Bertz CT molecular complexity index is 1700. The fourth-order valence-electron chi connectivity index (χ4n) is 5.13. The van der Waals surface area contributed by atoms with Crippen LogP contribution in [0.5, 0.6) is 0 Å². The van der Waals surface area contributed by atoms with Gasteiger partial charge in [-0.2, -0.15) is 0 Å². The highest BCUT2D eigenvalue weighted by Gasteiger charge is 2.23. The first kappa shape index (κ1) is 26.9. The molecule has 2 aliphatic heterocycles. The molecule has 0 radical (unpaired) electrons. The highest BCUT2D eigenvalue weighted by atomic mass is 35.5. The zero-order valence-corrected chi connectivity index (χ0v) is 23.8. The minimum atomic E-state index is -0.946. The number of carbonyl (C=O) groups is 1. The summed E-state index contributed by atoms with van der Waals surface area (Å²) in [5.41, 5.74) is 7.17. The van der Waals surface area contributed by atoms with Gasteiger partial charge in [0.25, 0.3) is 0 Å². The van der Waals surface area contributed by atoms with Crippen molar-refractivity contribution in [3.05, 3.63) is 118 Å². The van der Waals surface area contributed by atoms with E-state index in [4.69, 9.17) is 21.3 Å². The molecule has 8 heteroatoms. The van der Waals surface area contributed by atoms with Gasteiger partial charge in [-0.3, -0.25) is 0 Å². The summed E-state index contributed by atoms with van der Waals surface area (Å²) in [6.45, 7) is 4.01. The van der Waals surface area contributed by atoms with Crippen molar-refractivity contribution in [1.82, 2.24) is 14.5 Å². The molecule has 0 amide bonds. The molecule has 41 heavy (non-hydrogen) atoms. The molecule has 1 atom stereocenters. The monoisotopic (exact) mass is 566 g/mol. The van der Waals surface area contributed by atoms with E-state index in [-0.39, 0.29) is 11.7 Å². The summed E-state index contributed by atoms with van der Waals surface area (Å²) in [5.74, 6) is -0.0799. The van der Waals surface area contributed by atoms with Gasteiger partial charge in [0.1, 0.15) is 5.82 Å². The normalized spacial score (nSPS) is 16.2. The number of benzene rings is 3. The number of aromatic carboxylic acids is 1. The molecule has 0 saturated carbocycles. The topological polar surface area (TPSA) is 70.8 Å². The smallest absolute Gasteiger partial charge is 0.335 e. The summed E-state index contributed by atoms with van der Waals surface area (Å²) >= 11 is 6.52. The van der Waals surface area contributed by atoms with Crippen LogP contribution in [0.4, 0.5) is 11.4 Å². The van der Waals surface area contributed by atoms with Gasteiger partial charge in [-0.15, -0.1) is 0 Å². The van der Waals surface area contributed by atoms with E-state index in [9.17, 15) is 9.90 Å². The third kappa shape index (κ3) is 5.78. The number of halogens is 1. The molecule has 3 aromatic carbocycles. The van der Waals surface area contributed by atoms with Crippen molar-refractivity contribution >= 4 is 46.1 Å². The minimum absolute atomic E-state index is 0.124. The van der Waals surface area contributed by atoms with Crippen molar-refractivity contribution in [3.63, 3.8) is 0 Å². The Kier molecular flexibility index (Phi) is 7.39.